The number of carbonyl (C=O) groups excluding carboxylic acids is 1. The quantitative estimate of drug-likeness (QED) is 0.747. The average molecular weight is 281 g/mol. The predicted molar refractivity (Wildman–Crippen MR) is 82.9 cm³/mol. The van der Waals surface area contributed by atoms with Crippen molar-refractivity contribution in [2.24, 2.45) is 5.73 Å². The highest BCUT2D eigenvalue weighted by Gasteiger charge is 2.20. The van der Waals surface area contributed by atoms with E-state index in [1.165, 1.54) is 22.3 Å². The standard InChI is InChI=1S/C18H19NO2/c1-2-21-18(20)11-17(19)13-7-8-16-14(10-13)9-12-5-3-4-6-15(12)16/h3-8,10,17H,2,9,11,19H2,1H3. The van der Waals surface area contributed by atoms with E-state index < -0.39 is 0 Å². The zero-order valence-electron chi connectivity index (χ0n) is 12.1. The molecule has 2 N–H and O–H groups in total. The molecule has 1 atom stereocenters. The van der Waals surface area contributed by atoms with Crippen LogP contribution in [0.5, 0.6) is 0 Å². The molecule has 0 saturated heterocycles. The molecular formula is C18H19NO2. The van der Waals surface area contributed by atoms with Crippen LogP contribution in [0.4, 0.5) is 0 Å². The second kappa shape index (κ2) is 5.70. The number of rotatable bonds is 4. The molecule has 0 fully saturated rings. The van der Waals surface area contributed by atoms with Gasteiger partial charge in [0.2, 0.25) is 0 Å². The van der Waals surface area contributed by atoms with Gasteiger partial charge in [0.15, 0.2) is 0 Å². The third-order valence-electron chi connectivity index (χ3n) is 3.94. The number of benzene rings is 2. The van der Waals surface area contributed by atoms with Crippen LogP contribution in [0.15, 0.2) is 42.5 Å². The van der Waals surface area contributed by atoms with Crippen LogP contribution in [0.3, 0.4) is 0 Å². The lowest BCUT2D eigenvalue weighted by Gasteiger charge is -2.13. The van der Waals surface area contributed by atoms with Crippen LogP contribution in [0, 0.1) is 0 Å². The molecule has 1 aliphatic carbocycles. The molecule has 0 aliphatic heterocycles. The van der Waals surface area contributed by atoms with Crippen molar-refractivity contribution in [3.05, 3.63) is 59.2 Å². The second-order valence-electron chi connectivity index (χ2n) is 5.37. The first-order chi connectivity index (χ1) is 10.2. The minimum Gasteiger partial charge on any atom is -0.466 e. The van der Waals surface area contributed by atoms with Gasteiger partial charge in [0.05, 0.1) is 13.0 Å². The molecule has 0 amide bonds. The Hall–Kier alpha value is -2.13. The van der Waals surface area contributed by atoms with E-state index in [1.54, 1.807) is 6.92 Å². The van der Waals surface area contributed by atoms with Crippen LogP contribution in [0.1, 0.15) is 36.1 Å². The highest BCUT2D eigenvalue weighted by atomic mass is 16.5. The van der Waals surface area contributed by atoms with Crippen LogP contribution >= 0.6 is 0 Å². The topological polar surface area (TPSA) is 52.3 Å². The van der Waals surface area contributed by atoms with Crippen molar-refractivity contribution in [2.45, 2.75) is 25.8 Å². The molecule has 0 saturated carbocycles. The van der Waals surface area contributed by atoms with Crippen molar-refractivity contribution >= 4 is 5.97 Å². The highest BCUT2D eigenvalue weighted by molar-refractivity contribution is 5.77. The van der Waals surface area contributed by atoms with Crippen molar-refractivity contribution in [3.63, 3.8) is 0 Å². The summed E-state index contributed by atoms with van der Waals surface area (Å²) >= 11 is 0. The van der Waals surface area contributed by atoms with Gasteiger partial charge in [-0.1, -0.05) is 42.5 Å². The Morgan fingerprint density at radius 1 is 1.19 bits per heavy atom. The van der Waals surface area contributed by atoms with E-state index >= 15 is 0 Å². The Labute approximate surface area is 124 Å². The van der Waals surface area contributed by atoms with Crippen molar-refractivity contribution in [3.8, 4) is 11.1 Å². The van der Waals surface area contributed by atoms with Crippen LogP contribution in [0.25, 0.3) is 11.1 Å². The number of esters is 1. The molecule has 1 unspecified atom stereocenters. The third-order valence-corrected chi connectivity index (χ3v) is 3.94. The zero-order chi connectivity index (χ0) is 14.8. The Morgan fingerprint density at radius 3 is 2.76 bits per heavy atom. The Bertz CT molecular complexity index is 679. The maximum absolute atomic E-state index is 11.5. The lowest BCUT2D eigenvalue weighted by molar-refractivity contribution is -0.143. The first kappa shape index (κ1) is 13.8. The van der Waals surface area contributed by atoms with Crippen molar-refractivity contribution in [2.75, 3.05) is 6.61 Å². The molecule has 2 aromatic rings. The Kier molecular flexibility index (Phi) is 3.76. The Morgan fingerprint density at radius 2 is 1.95 bits per heavy atom. The van der Waals surface area contributed by atoms with E-state index in [0.29, 0.717) is 6.61 Å². The monoisotopic (exact) mass is 281 g/mol. The van der Waals surface area contributed by atoms with Crippen LogP contribution in [0.2, 0.25) is 0 Å². The van der Waals surface area contributed by atoms with Gasteiger partial charge >= 0.3 is 5.97 Å². The third kappa shape index (κ3) is 2.69. The van der Waals surface area contributed by atoms with Gasteiger partial charge in [0.1, 0.15) is 0 Å². The summed E-state index contributed by atoms with van der Waals surface area (Å²) in [6.45, 7) is 2.20. The molecule has 0 heterocycles. The number of nitrogens with two attached hydrogens (primary N) is 1. The minimum atomic E-state index is -0.307. The first-order valence-corrected chi connectivity index (χ1v) is 7.31. The molecule has 0 radical (unpaired) electrons. The van der Waals surface area contributed by atoms with Gasteiger partial charge in [0, 0.05) is 6.04 Å². The Balaban J connectivity index is 1.82. The largest absolute Gasteiger partial charge is 0.466 e. The molecule has 1 aliphatic rings. The molecule has 3 nitrogen and oxygen atoms in total. The van der Waals surface area contributed by atoms with E-state index in [9.17, 15) is 4.79 Å². The van der Waals surface area contributed by atoms with E-state index in [0.717, 1.165) is 12.0 Å². The first-order valence-electron chi connectivity index (χ1n) is 7.31. The van der Waals surface area contributed by atoms with E-state index in [1.807, 2.05) is 6.07 Å². The number of hydrogen-bond acceptors (Lipinski definition) is 3. The van der Waals surface area contributed by atoms with Gasteiger partial charge in [-0.15, -0.1) is 0 Å². The summed E-state index contributed by atoms with van der Waals surface area (Å²) in [7, 11) is 0. The molecule has 21 heavy (non-hydrogen) atoms. The summed E-state index contributed by atoms with van der Waals surface area (Å²) in [5.74, 6) is -0.242. The molecule has 3 heteroatoms. The fourth-order valence-electron chi connectivity index (χ4n) is 2.91. The van der Waals surface area contributed by atoms with Crippen molar-refractivity contribution in [1.29, 1.82) is 0 Å². The highest BCUT2D eigenvalue weighted by Crippen LogP contribution is 2.37. The minimum absolute atomic E-state index is 0.222. The maximum Gasteiger partial charge on any atom is 0.307 e. The molecule has 3 rings (SSSR count). The van der Waals surface area contributed by atoms with E-state index in [2.05, 4.69) is 36.4 Å². The number of carbonyl (C=O) groups is 1. The van der Waals surface area contributed by atoms with Gasteiger partial charge in [0.25, 0.3) is 0 Å². The molecular weight excluding hydrogens is 262 g/mol. The van der Waals surface area contributed by atoms with E-state index in [-0.39, 0.29) is 18.4 Å². The number of hydrogen-bond donors (Lipinski definition) is 1. The second-order valence-corrected chi connectivity index (χ2v) is 5.37. The van der Waals surface area contributed by atoms with Crippen molar-refractivity contribution in [1.82, 2.24) is 0 Å². The van der Waals surface area contributed by atoms with Gasteiger partial charge < -0.3 is 10.5 Å². The summed E-state index contributed by atoms with van der Waals surface area (Å²) < 4.78 is 4.96. The summed E-state index contributed by atoms with van der Waals surface area (Å²) in [6, 6.07) is 14.4. The fourth-order valence-corrected chi connectivity index (χ4v) is 2.91. The average Bonchev–Trinajstić information content (AvgIpc) is 2.85. The number of ether oxygens (including phenoxy) is 1. The van der Waals surface area contributed by atoms with Crippen LogP contribution < -0.4 is 5.73 Å². The smallest absolute Gasteiger partial charge is 0.307 e. The van der Waals surface area contributed by atoms with Crippen LogP contribution in [-0.2, 0) is 16.0 Å². The van der Waals surface area contributed by atoms with Crippen molar-refractivity contribution < 1.29 is 9.53 Å². The zero-order valence-corrected chi connectivity index (χ0v) is 12.1. The molecule has 0 spiro atoms. The lowest BCUT2D eigenvalue weighted by Crippen LogP contribution is -2.17. The van der Waals surface area contributed by atoms with Gasteiger partial charge in [-0.3, -0.25) is 4.79 Å². The fraction of sp³-hybridized carbons (Fsp3) is 0.278. The predicted octanol–water partition coefficient (Wildman–Crippen LogP) is 3.21. The van der Waals surface area contributed by atoms with Gasteiger partial charge in [-0.25, -0.2) is 0 Å². The van der Waals surface area contributed by atoms with Gasteiger partial charge in [-0.05, 0) is 41.2 Å². The SMILES string of the molecule is CCOC(=O)CC(N)c1ccc2c(c1)Cc1ccccc1-2. The summed E-state index contributed by atoms with van der Waals surface area (Å²) in [4.78, 5) is 11.5. The molecule has 0 bridgehead atoms. The van der Waals surface area contributed by atoms with Crippen LogP contribution in [-0.4, -0.2) is 12.6 Å². The lowest BCUT2D eigenvalue weighted by atomic mass is 9.98. The normalized spacial score (nSPS) is 13.4. The summed E-state index contributed by atoms with van der Waals surface area (Å²) in [6.07, 6.45) is 1.16. The molecule has 2 aromatic carbocycles. The molecule has 108 valence electrons. The summed E-state index contributed by atoms with van der Waals surface area (Å²) in [5, 5.41) is 0. The van der Waals surface area contributed by atoms with E-state index in [4.69, 9.17) is 10.5 Å². The molecule has 0 aromatic heterocycles. The van der Waals surface area contributed by atoms with Gasteiger partial charge in [-0.2, -0.15) is 0 Å². The maximum atomic E-state index is 11.5. The summed E-state index contributed by atoms with van der Waals surface area (Å²) in [5.41, 5.74) is 12.3. The number of fused-ring (bicyclic) bond motifs is 3.